The summed E-state index contributed by atoms with van der Waals surface area (Å²) in [4.78, 5) is 11.8. The summed E-state index contributed by atoms with van der Waals surface area (Å²) in [5.41, 5.74) is -0.148. The molecule has 1 heterocycles. The van der Waals surface area contributed by atoms with Crippen LogP contribution in [0.2, 0.25) is 0 Å². The molecule has 2 radical (unpaired) electrons. The molecular weight excluding hydrogens is 282 g/mol. The van der Waals surface area contributed by atoms with Crippen molar-refractivity contribution in [2.75, 3.05) is 5.32 Å². The largest absolute Gasteiger partial charge is 0.416 e. The van der Waals surface area contributed by atoms with Crippen molar-refractivity contribution >= 4 is 25.2 Å². The third-order valence-electron chi connectivity index (χ3n) is 2.80. The maximum atomic E-state index is 12.6. The van der Waals surface area contributed by atoms with E-state index >= 15 is 0 Å². The van der Waals surface area contributed by atoms with Gasteiger partial charge in [-0.3, -0.25) is 9.48 Å². The lowest BCUT2D eigenvalue weighted by Crippen LogP contribution is -2.15. The molecule has 0 spiro atoms. The maximum absolute atomic E-state index is 12.6. The van der Waals surface area contributed by atoms with Gasteiger partial charge in [0.2, 0.25) is 5.91 Å². The van der Waals surface area contributed by atoms with Crippen LogP contribution in [0, 0.1) is 0 Å². The van der Waals surface area contributed by atoms with Gasteiger partial charge < -0.3 is 5.32 Å². The van der Waals surface area contributed by atoms with Gasteiger partial charge in [-0.05, 0) is 23.3 Å². The van der Waals surface area contributed by atoms with Gasteiger partial charge in [-0.1, -0.05) is 18.2 Å². The number of alkyl halides is 3. The third-order valence-corrected chi connectivity index (χ3v) is 2.80. The van der Waals surface area contributed by atoms with Crippen LogP contribution in [-0.4, -0.2) is 23.5 Å². The predicted octanol–water partition coefficient (Wildman–Crippen LogP) is 1.41. The van der Waals surface area contributed by atoms with Crippen LogP contribution in [-0.2, 0) is 24.4 Å². The average molecular weight is 293 g/mol. The van der Waals surface area contributed by atoms with Crippen LogP contribution in [0.3, 0.4) is 0 Å². The zero-order chi connectivity index (χ0) is 15.6. The van der Waals surface area contributed by atoms with E-state index in [-0.39, 0.29) is 17.8 Å². The molecule has 0 bridgehead atoms. The van der Waals surface area contributed by atoms with E-state index in [1.807, 2.05) is 0 Å². The molecule has 2 aromatic rings. The van der Waals surface area contributed by atoms with Crippen molar-refractivity contribution in [3.05, 3.63) is 41.5 Å². The number of carbonyl (C=O) groups is 1. The first kappa shape index (κ1) is 15.1. The molecule has 0 unspecified atom stereocenters. The second-order valence-electron chi connectivity index (χ2n) is 4.50. The van der Waals surface area contributed by atoms with E-state index in [1.54, 1.807) is 7.05 Å². The first-order valence-electron chi connectivity index (χ1n) is 6.01. The van der Waals surface area contributed by atoms with Crippen LogP contribution in [0.4, 0.5) is 19.0 Å². The predicted molar refractivity (Wildman–Crippen MR) is 72.4 cm³/mol. The number of halogens is 3. The van der Waals surface area contributed by atoms with Crippen LogP contribution in [0.15, 0.2) is 30.3 Å². The van der Waals surface area contributed by atoms with Crippen molar-refractivity contribution in [1.82, 2.24) is 9.78 Å². The summed E-state index contributed by atoms with van der Waals surface area (Å²) in [6, 6.07) is 6.10. The summed E-state index contributed by atoms with van der Waals surface area (Å²) in [7, 11) is 7.17. The highest BCUT2D eigenvalue weighted by Gasteiger charge is 2.30. The molecule has 0 aliphatic carbocycles. The van der Waals surface area contributed by atoms with E-state index in [0.29, 0.717) is 5.59 Å². The number of anilines is 1. The minimum Gasteiger partial charge on any atom is -0.309 e. The Labute approximate surface area is 120 Å². The zero-order valence-electron chi connectivity index (χ0n) is 11.1. The Kier molecular flexibility index (Phi) is 4.06. The van der Waals surface area contributed by atoms with E-state index in [4.69, 9.17) is 7.85 Å². The SMILES string of the molecule is [B]c1cc(NC(=O)Cc2cccc(C(F)(F)F)c2)nn1C. The summed E-state index contributed by atoms with van der Waals surface area (Å²) in [6.45, 7) is 0. The van der Waals surface area contributed by atoms with Gasteiger partial charge in [0.1, 0.15) is 7.85 Å². The first-order valence-corrected chi connectivity index (χ1v) is 6.01. The standard InChI is InChI=1S/C13H11BF3N3O/c1-20-10(14)7-11(19-20)18-12(21)6-8-3-2-4-9(5-8)13(15,16)17/h2-5,7H,6H2,1H3,(H,18,19,21). The fraction of sp³-hybridized carbons (Fsp3) is 0.231. The first-order chi connectivity index (χ1) is 9.75. The van der Waals surface area contributed by atoms with Gasteiger partial charge in [-0.25, -0.2) is 0 Å². The fourth-order valence-corrected chi connectivity index (χ4v) is 1.77. The van der Waals surface area contributed by atoms with Crippen molar-refractivity contribution in [3.8, 4) is 0 Å². The van der Waals surface area contributed by atoms with Gasteiger partial charge in [-0.15, -0.1) is 0 Å². The number of carbonyl (C=O) groups excluding carboxylic acids is 1. The number of nitrogens with zero attached hydrogens (tertiary/aromatic N) is 2. The monoisotopic (exact) mass is 293 g/mol. The Bertz CT molecular complexity index is 647. The highest BCUT2D eigenvalue weighted by Crippen LogP contribution is 2.29. The molecule has 0 aliphatic heterocycles. The Morgan fingerprint density at radius 2 is 2.10 bits per heavy atom. The van der Waals surface area contributed by atoms with Crippen molar-refractivity contribution in [2.45, 2.75) is 12.6 Å². The molecule has 1 N–H and O–H groups in total. The summed E-state index contributed by atoms with van der Waals surface area (Å²) in [5, 5.41) is 6.41. The smallest absolute Gasteiger partial charge is 0.309 e. The van der Waals surface area contributed by atoms with E-state index in [0.717, 1.165) is 12.1 Å². The lowest BCUT2D eigenvalue weighted by Gasteiger charge is -2.08. The number of hydrogen-bond acceptors (Lipinski definition) is 2. The number of aromatic nitrogens is 2. The number of nitrogens with one attached hydrogen (secondary N) is 1. The lowest BCUT2D eigenvalue weighted by molar-refractivity contribution is -0.137. The van der Waals surface area contributed by atoms with Gasteiger partial charge in [0.25, 0.3) is 0 Å². The van der Waals surface area contributed by atoms with E-state index in [9.17, 15) is 18.0 Å². The summed E-state index contributed by atoms with van der Waals surface area (Å²) in [5.74, 6) is -0.209. The number of aryl methyl sites for hydroxylation is 1. The molecule has 108 valence electrons. The molecule has 4 nitrogen and oxygen atoms in total. The third kappa shape index (κ3) is 3.87. The molecule has 21 heavy (non-hydrogen) atoms. The maximum Gasteiger partial charge on any atom is 0.416 e. The fourth-order valence-electron chi connectivity index (χ4n) is 1.77. The summed E-state index contributed by atoms with van der Waals surface area (Å²) < 4.78 is 39.1. The van der Waals surface area contributed by atoms with Crippen LogP contribution in [0.5, 0.6) is 0 Å². The Morgan fingerprint density at radius 3 is 2.67 bits per heavy atom. The molecule has 0 aliphatic rings. The molecule has 8 heteroatoms. The topological polar surface area (TPSA) is 46.9 Å². The van der Waals surface area contributed by atoms with Crippen molar-refractivity contribution < 1.29 is 18.0 Å². The van der Waals surface area contributed by atoms with Gasteiger partial charge >= 0.3 is 6.18 Å². The quantitative estimate of drug-likeness (QED) is 0.870. The normalized spacial score (nSPS) is 11.4. The average Bonchev–Trinajstić information content (AvgIpc) is 2.67. The van der Waals surface area contributed by atoms with Gasteiger partial charge in [0, 0.05) is 7.05 Å². The van der Waals surface area contributed by atoms with Crippen molar-refractivity contribution in [2.24, 2.45) is 7.05 Å². The Balaban J connectivity index is 2.06. The Morgan fingerprint density at radius 1 is 1.38 bits per heavy atom. The minimum atomic E-state index is -4.43. The van der Waals surface area contributed by atoms with Gasteiger partial charge in [0.05, 0.1) is 12.0 Å². The zero-order valence-corrected chi connectivity index (χ0v) is 11.1. The molecule has 2 rings (SSSR count). The molecule has 0 saturated carbocycles. The molecule has 0 fully saturated rings. The second kappa shape index (κ2) is 5.63. The summed E-state index contributed by atoms with van der Waals surface area (Å²) in [6.07, 6.45) is -4.61. The highest BCUT2D eigenvalue weighted by atomic mass is 19.4. The number of rotatable bonds is 3. The lowest BCUT2D eigenvalue weighted by atomic mass is 10.1. The van der Waals surface area contributed by atoms with Crippen LogP contribution in [0.25, 0.3) is 0 Å². The minimum absolute atomic E-state index is 0.180. The molecular formula is C13H11BF3N3O. The molecule has 0 saturated heterocycles. The van der Waals surface area contributed by atoms with Crippen LogP contribution in [0.1, 0.15) is 11.1 Å². The van der Waals surface area contributed by atoms with E-state index in [1.165, 1.54) is 22.9 Å². The van der Waals surface area contributed by atoms with Crippen molar-refractivity contribution in [1.29, 1.82) is 0 Å². The van der Waals surface area contributed by atoms with Gasteiger partial charge in [-0.2, -0.15) is 18.3 Å². The second-order valence-corrected chi connectivity index (χ2v) is 4.50. The molecule has 1 aromatic heterocycles. The van der Waals surface area contributed by atoms with E-state index < -0.39 is 17.6 Å². The van der Waals surface area contributed by atoms with Crippen LogP contribution < -0.4 is 10.9 Å². The number of amides is 1. The highest BCUT2D eigenvalue weighted by molar-refractivity contribution is 6.31. The Hall–Kier alpha value is -2.25. The number of hydrogen-bond donors (Lipinski definition) is 1. The molecule has 0 atom stereocenters. The molecule has 1 aromatic carbocycles. The van der Waals surface area contributed by atoms with Crippen LogP contribution >= 0.6 is 0 Å². The summed E-state index contributed by atoms with van der Waals surface area (Å²) >= 11 is 0. The van der Waals surface area contributed by atoms with Crippen molar-refractivity contribution in [3.63, 3.8) is 0 Å². The molecule has 1 amide bonds. The number of benzene rings is 1. The van der Waals surface area contributed by atoms with Gasteiger partial charge in [0.15, 0.2) is 5.82 Å². The van der Waals surface area contributed by atoms with E-state index in [2.05, 4.69) is 10.4 Å².